The first-order valence-corrected chi connectivity index (χ1v) is 4.75. The van der Waals surface area contributed by atoms with E-state index in [0.717, 1.165) is 10.2 Å². The number of nitrogens with zero attached hydrogens (tertiary/aromatic N) is 3. The lowest BCUT2D eigenvalue weighted by Gasteiger charge is -2.04. The van der Waals surface area contributed by atoms with Gasteiger partial charge in [0.25, 0.3) is 0 Å². The van der Waals surface area contributed by atoms with Crippen LogP contribution in [0, 0.1) is 0 Å². The number of hydrogen-bond acceptors (Lipinski definition) is 2. The molecule has 0 atom stereocenters. The van der Waals surface area contributed by atoms with E-state index in [9.17, 15) is 0 Å². The fraction of sp³-hybridized carbons (Fsp3) is 0. The second-order valence-corrected chi connectivity index (χ2v) is 3.67. The molecule has 0 N–H and O–H groups in total. The first-order chi connectivity index (χ1) is 6.29. The number of rotatable bonds is 1. The van der Waals surface area contributed by atoms with Crippen LogP contribution in [-0.2, 0) is 0 Å². The van der Waals surface area contributed by atoms with Gasteiger partial charge in [0.2, 0.25) is 0 Å². The van der Waals surface area contributed by atoms with E-state index in [2.05, 4.69) is 26.0 Å². The van der Waals surface area contributed by atoms with Gasteiger partial charge in [-0.3, -0.25) is 0 Å². The van der Waals surface area contributed by atoms with Crippen molar-refractivity contribution in [1.29, 1.82) is 0 Å². The van der Waals surface area contributed by atoms with Crippen LogP contribution in [0.15, 0.2) is 35.3 Å². The van der Waals surface area contributed by atoms with Crippen molar-refractivity contribution in [1.82, 2.24) is 14.8 Å². The Morgan fingerprint density at radius 3 is 2.85 bits per heavy atom. The largest absolute Gasteiger partial charge is 0.223 e. The Bertz CT molecular complexity index is 393. The molecule has 0 aliphatic heterocycles. The molecule has 0 aliphatic carbocycles. The lowest BCUT2D eigenvalue weighted by atomic mass is 10.3. The van der Waals surface area contributed by atoms with Gasteiger partial charge in [0.1, 0.15) is 12.7 Å². The van der Waals surface area contributed by atoms with Gasteiger partial charge in [0.15, 0.2) is 0 Å². The first kappa shape index (κ1) is 8.72. The summed E-state index contributed by atoms with van der Waals surface area (Å²) in [5.41, 5.74) is 0.807. The van der Waals surface area contributed by atoms with Crippen LogP contribution in [0.25, 0.3) is 5.69 Å². The third-order valence-electron chi connectivity index (χ3n) is 1.59. The Morgan fingerprint density at radius 2 is 2.23 bits per heavy atom. The van der Waals surface area contributed by atoms with Gasteiger partial charge in [-0.15, -0.1) is 0 Å². The van der Waals surface area contributed by atoms with Crippen molar-refractivity contribution in [3.05, 3.63) is 40.3 Å². The molecular weight excluding hydrogens is 253 g/mol. The molecule has 13 heavy (non-hydrogen) atoms. The minimum absolute atomic E-state index is 0.639. The highest BCUT2D eigenvalue weighted by atomic mass is 79.9. The van der Waals surface area contributed by atoms with Gasteiger partial charge < -0.3 is 0 Å². The highest BCUT2D eigenvalue weighted by molar-refractivity contribution is 9.10. The molecular formula is C8H5BrClN3. The quantitative estimate of drug-likeness (QED) is 0.787. The monoisotopic (exact) mass is 257 g/mol. The SMILES string of the molecule is Clc1cccc(Br)c1-n1cncn1. The van der Waals surface area contributed by atoms with Crippen LogP contribution in [0.5, 0.6) is 0 Å². The summed E-state index contributed by atoms with van der Waals surface area (Å²) in [6.45, 7) is 0. The number of para-hydroxylation sites is 1. The van der Waals surface area contributed by atoms with Gasteiger partial charge in [-0.2, -0.15) is 5.10 Å². The summed E-state index contributed by atoms with van der Waals surface area (Å²) in [4.78, 5) is 3.85. The molecule has 0 unspecified atom stereocenters. The standard InChI is InChI=1S/C8H5BrClN3/c9-6-2-1-3-7(10)8(6)13-5-11-4-12-13/h1-5H. The van der Waals surface area contributed by atoms with Gasteiger partial charge in [0.05, 0.1) is 10.7 Å². The molecule has 0 aliphatic rings. The van der Waals surface area contributed by atoms with Crippen molar-refractivity contribution < 1.29 is 0 Å². The van der Waals surface area contributed by atoms with Crippen LogP contribution in [0.2, 0.25) is 5.02 Å². The molecule has 0 spiro atoms. The molecule has 1 heterocycles. The summed E-state index contributed by atoms with van der Waals surface area (Å²) < 4.78 is 2.51. The number of hydrogen-bond donors (Lipinski definition) is 0. The number of benzene rings is 1. The van der Waals surface area contributed by atoms with Crippen molar-refractivity contribution in [3.63, 3.8) is 0 Å². The second-order valence-electron chi connectivity index (χ2n) is 2.41. The van der Waals surface area contributed by atoms with Crippen LogP contribution in [-0.4, -0.2) is 14.8 Å². The van der Waals surface area contributed by atoms with Crippen LogP contribution in [0.4, 0.5) is 0 Å². The van der Waals surface area contributed by atoms with Gasteiger partial charge in [-0.25, -0.2) is 9.67 Å². The zero-order valence-corrected chi connectivity index (χ0v) is 8.83. The number of halogens is 2. The van der Waals surface area contributed by atoms with Crippen LogP contribution < -0.4 is 0 Å². The summed E-state index contributed by atoms with van der Waals surface area (Å²) in [7, 11) is 0. The molecule has 0 radical (unpaired) electrons. The minimum atomic E-state index is 0.639. The summed E-state index contributed by atoms with van der Waals surface area (Å²) in [5.74, 6) is 0. The normalized spacial score (nSPS) is 10.3. The maximum atomic E-state index is 6.00. The fourth-order valence-electron chi connectivity index (χ4n) is 1.03. The molecule has 2 rings (SSSR count). The molecule has 0 bridgehead atoms. The first-order valence-electron chi connectivity index (χ1n) is 3.58. The highest BCUT2D eigenvalue weighted by Crippen LogP contribution is 2.27. The summed E-state index contributed by atoms with van der Waals surface area (Å²) >= 11 is 9.40. The predicted molar refractivity (Wildman–Crippen MR) is 54.1 cm³/mol. The van der Waals surface area contributed by atoms with E-state index in [1.54, 1.807) is 11.0 Å². The zero-order valence-electron chi connectivity index (χ0n) is 6.48. The summed E-state index contributed by atoms with van der Waals surface area (Å²) in [5, 5.41) is 4.64. The molecule has 0 saturated carbocycles. The average Bonchev–Trinajstić information content (AvgIpc) is 2.57. The zero-order chi connectivity index (χ0) is 9.26. The van der Waals surface area contributed by atoms with Crippen LogP contribution >= 0.6 is 27.5 Å². The van der Waals surface area contributed by atoms with E-state index in [4.69, 9.17) is 11.6 Å². The maximum Gasteiger partial charge on any atom is 0.138 e. The van der Waals surface area contributed by atoms with Gasteiger partial charge in [0, 0.05) is 4.47 Å². The van der Waals surface area contributed by atoms with E-state index in [1.807, 2.05) is 18.2 Å². The molecule has 1 aromatic heterocycles. The summed E-state index contributed by atoms with van der Waals surface area (Å²) in [6.07, 6.45) is 3.07. The van der Waals surface area contributed by atoms with Crippen molar-refractivity contribution in [2.45, 2.75) is 0 Å². The van der Waals surface area contributed by atoms with Crippen molar-refractivity contribution in [3.8, 4) is 5.69 Å². The molecule has 5 heteroatoms. The van der Waals surface area contributed by atoms with Gasteiger partial charge in [-0.1, -0.05) is 17.7 Å². The van der Waals surface area contributed by atoms with Crippen molar-refractivity contribution >= 4 is 27.5 Å². The second kappa shape index (κ2) is 3.47. The third kappa shape index (κ3) is 1.59. The van der Waals surface area contributed by atoms with Crippen molar-refractivity contribution in [2.75, 3.05) is 0 Å². The topological polar surface area (TPSA) is 30.7 Å². The van der Waals surface area contributed by atoms with E-state index >= 15 is 0 Å². The Morgan fingerprint density at radius 1 is 1.38 bits per heavy atom. The smallest absolute Gasteiger partial charge is 0.138 e. The molecule has 2 aromatic rings. The van der Waals surface area contributed by atoms with E-state index in [1.165, 1.54) is 6.33 Å². The molecule has 3 nitrogen and oxygen atoms in total. The summed E-state index contributed by atoms with van der Waals surface area (Å²) in [6, 6.07) is 5.58. The van der Waals surface area contributed by atoms with E-state index in [0.29, 0.717) is 5.02 Å². The Balaban J connectivity index is 2.64. The van der Waals surface area contributed by atoms with Gasteiger partial charge in [-0.05, 0) is 28.1 Å². The lowest BCUT2D eigenvalue weighted by Crippen LogP contribution is -1.96. The third-order valence-corrected chi connectivity index (χ3v) is 2.53. The van der Waals surface area contributed by atoms with E-state index < -0.39 is 0 Å². The Labute approximate surface area is 88.5 Å². The molecule has 0 amide bonds. The van der Waals surface area contributed by atoms with Crippen molar-refractivity contribution in [2.24, 2.45) is 0 Å². The minimum Gasteiger partial charge on any atom is -0.223 e. The number of aromatic nitrogens is 3. The molecule has 0 saturated heterocycles. The average molecular weight is 259 g/mol. The van der Waals surface area contributed by atoms with Crippen LogP contribution in [0.3, 0.4) is 0 Å². The predicted octanol–water partition coefficient (Wildman–Crippen LogP) is 2.68. The Kier molecular flexibility index (Phi) is 2.33. The van der Waals surface area contributed by atoms with Crippen LogP contribution in [0.1, 0.15) is 0 Å². The fourth-order valence-corrected chi connectivity index (χ4v) is 1.95. The van der Waals surface area contributed by atoms with Gasteiger partial charge >= 0.3 is 0 Å². The molecule has 1 aromatic carbocycles. The maximum absolute atomic E-state index is 6.00. The van der Waals surface area contributed by atoms with E-state index in [-0.39, 0.29) is 0 Å². The lowest BCUT2D eigenvalue weighted by molar-refractivity contribution is 0.875. The molecule has 0 fully saturated rings. The highest BCUT2D eigenvalue weighted by Gasteiger charge is 2.06. The molecule has 66 valence electrons. The Hall–Kier alpha value is -0.870.